The Bertz CT molecular complexity index is 529. The second-order valence-electron chi connectivity index (χ2n) is 8.14. The zero-order valence-corrected chi connectivity index (χ0v) is 21.1. The first kappa shape index (κ1) is 29.8. The fourth-order valence-electron chi connectivity index (χ4n) is 3.34. The predicted molar refractivity (Wildman–Crippen MR) is 129 cm³/mol. The molecule has 0 radical (unpaired) electrons. The zero-order valence-electron chi connectivity index (χ0n) is 18.6. The van der Waals surface area contributed by atoms with Crippen LogP contribution < -0.4 is 0 Å². The van der Waals surface area contributed by atoms with Crippen molar-refractivity contribution in [2.24, 2.45) is 11.8 Å². The van der Waals surface area contributed by atoms with Crippen molar-refractivity contribution < 1.29 is 27.1 Å². The molecule has 0 aliphatic heterocycles. The van der Waals surface area contributed by atoms with E-state index in [4.69, 9.17) is 21.5 Å². The molecule has 6 atom stereocenters. The van der Waals surface area contributed by atoms with Crippen molar-refractivity contribution in [2.75, 3.05) is 6.61 Å². The first-order valence-corrected chi connectivity index (χ1v) is 13.9. The van der Waals surface area contributed by atoms with E-state index >= 15 is 0 Å². The molecular formula is C21H40O6S3. The summed E-state index contributed by atoms with van der Waals surface area (Å²) in [5.74, 6) is -1.32. The number of rotatable bonds is 19. The first-order valence-electron chi connectivity index (χ1n) is 11.1. The Kier molecular flexibility index (Phi) is 18.2. The molecule has 0 aromatic rings. The van der Waals surface area contributed by atoms with E-state index in [2.05, 4.69) is 6.92 Å². The summed E-state index contributed by atoms with van der Waals surface area (Å²) >= 11 is 0.618. The number of ether oxygens (including phenoxy) is 1. The molecular weight excluding hydrogens is 444 g/mol. The molecule has 6 unspecified atom stereocenters. The molecule has 0 aromatic carbocycles. The van der Waals surface area contributed by atoms with E-state index in [0.717, 1.165) is 19.3 Å². The topological polar surface area (TPSA) is 101 Å². The molecule has 0 rings (SSSR count). The van der Waals surface area contributed by atoms with Gasteiger partial charge in [-0.25, -0.2) is 8.42 Å². The van der Waals surface area contributed by atoms with Crippen LogP contribution in [0.4, 0.5) is 0 Å². The highest BCUT2D eigenvalue weighted by Crippen LogP contribution is 2.20. The van der Waals surface area contributed by atoms with Gasteiger partial charge < -0.3 is 13.8 Å². The minimum Gasteiger partial charge on any atom is -0.465 e. The summed E-state index contributed by atoms with van der Waals surface area (Å²) in [6.07, 6.45) is 11.3. The van der Waals surface area contributed by atoms with E-state index in [1.165, 1.54) is 43.9 Å². The molecule has 30 heavy (non-hydrogen) atoms. The van der Waals surface area contributed by atoms with Crippen molar-refractivity contribution in [3.63, 3.8) is 0 Å². The first-order chi connectivity index (χ1) is 14.2. The number of esters is 1. The van der Waals surface area contributed by atoms with E-state index in [-0.39, 0.29) is 12.5 Å². The summed E-state index contributed by atoms with van der Waals surface area (Å²) in [5.41, 5.74) is 0. The quantitative estimate of drug-likeness (QED) is 0.111. The molecule has 6 nitrogen and oxygen atoms in total. The van der Waals surface area contributed by atoms with Crippen molar-refractivity contribution in [1.82, 2.24) is 0 Å². The maximum Gasteiger partial charge on any atom is 0.309 e. The number of carbonyl (C=O) groups excluding carboxylic acids is 1. The Balaban J connectivity index is 4.25. The maximum absolute atomic E-state index is 12.3. The summed E-state index contributed by atoms with van der Waals surface area (Å²) in [6, 6.07) is 0. The van der Waals surface area contributed by atoms with Gasteiger partial charge in [0.15, 0.2) is 22.2 Å². The van der Waals surface area contributed by atoms with Crippen LogP contribution in [0, 0.1) is 11.8 Å². The van der Waals surface area contributed by atoms with Gasteiger partial charge in [-0.15, -0.1) is 0 Å². The molecule has 0 fully saturated rings. The lowest BCUT2D eigenvalue weighted by Crippen LogP contribution is -2.32. The molecule has 0 aromatic heterocycles. The minimum atomic E-state index is -2.09. The number of thiocarbonyl (C=S) groups is 1. The van der Waals surface area contributed by atoms with Crippen LogP contribution in [0.5, 0.6) is 0 Å². The van der Waals surface area contributed by atoms with Gasteiger partial charge in [-0.05, 0) is 24.1 Å². The zero-order chi connectivity index (χ0) is 22.9. The van der Waals surface area contributed by atoms with Crippen LogP contribution in [0.3, 0.4) is 0 Å². The van der Waals surface area contributed by atoms with Crippen molar-refractivity contribution in [1.29, 1.82) is 0 Å². The lowest BCUT2D eigenvalue weighted by atomic mass is 10.0. The third kappa shape index (κ3) is 14.0. The molecule has 0 bridgehead atoms. The second kappa shape index (κ2) is 18.4. The Morgan fingerprint density at radius 2 is 1.50 bits per heavy atom. The van der Waals surface area contributed by atoms with E-state index in [9.17, 15) is 17.8 Å². The van der Waals surface area contributed by atoms with Crippen LogP contribution in [0.25, 0.3) is 0 Å². The minimum absolute atomic E-state index is 0.0862. The molecule has 0 amide bonds. The van der Waals surface area contributed by atoms with Crippen molar-refractivity contribution in [3.8, 4) is 0 Å². The Morgan fingerprint density at radius 3 is 1.97 bits per heavy atom. The Labute approximate surface area is 192 Å². The van der Waals surface area contributed by atoms with Gasteiger partial charge in [0.25, 0.3) is 0 Å². The van der Waals surface area contributed by atoms with Gasteiger partial charge in [0, 0.05) is 0 Å². The molecule has 0 heterocycles. The third-order valence-electron chi connectivity index (χ3n) is 5.34. The Morgan fingerprint density at radius 1 is 0.967 bits per heavy atom. The number of hydrogen-bond donors (Lipinski definition) is 2. The Hall–Kier alpha value is -0.220. The highest BCUT2D eigenvalue weighted by Gasteiger charge is 2.30. The molecule has 0 aliphatic carbocycles. The van der Waals surface area contributed by atoms with Gasteiger partial charge in [-0.2, -0.15) is 0 Å². The fraction of sp³-hybridized carbons (Fsp3) is 0.905. The van der Waals surface area contributed by atoms with E-state index in [1.54, 1.807) is 13.8 Å². The standard InChI is InChI=1S/C21H40O6S3/c1-4-5-6-7-8-9-10-11-12-13-20(30(25)26)18(3)21(22)27-15-17(2)14-19(16-28)29(23)24/h16-20H,4-15H2,1-3H3,(H,23,24)(H,25,26). The lowest BCUT2D eigenvalue weighted by Gasteiger charge is -2.21. The molecule has 0 saturated heterocycles. The van der Waals surface area contributed by atoms with Gasteiger partial charge >= 0.3 is 5.97 Å². The summed E-state index contributed by atoms with van der Waals surface area (Å²) in [6.45, 7) is 5.72. The predicted octanol–water partition coefficient (Wildman–Crippen LogP) is 5.29. The largest absolute Gasteiger partial charge is 0.465 e. The second-order valence-corrected chi connectivity index (χ2v) is 10.7. The van der Waals surface area contributed by atoms with E-state index < -0.39 is 44.5 Å². The van der Waals surface area contributed by atoms with E-state index in [1.807, 2.05) is 0 Å². The maximum atomic E-state index is 12.3. The molecule has 2 N–H and O–H groups in total. The van der Waals surface area contributed by atoms with Crippen LogP contribution >= 0.6 is 12.2 Å². The van der Waals surface area contributed by atoms with Crippen LogP contribution in [0.15, 0.2) is 0 Å². The molecule has 0 aliphatic rings. The van der Waals surface area contributed by atoms with Gasteiger partial charge in [-0.1, -0.05) is 90.8 Å². The summed E-state index contributed by atoms with van der Waals surface area (Å²) < 4.78 is 47.0. The van der Waals surface area contributed by atoms with Crippen LogP contribution in [0.1, 0.15) is 91.4 Å². The average Bonchev–Trinajstić information content (AvgIpc) is 2.70. The van der Waals surface area contributed by atoms with Gasteiger partial charge in [-0.3, -0.25) is 4.79 Å². The summed E-state index contributed by atoms with van der Waals surface area (Å²) in [5, 5.41) is -0.0285. The smallest absolute Gasteiger partial charge is 0.309 e. The van der Waals surface area contributed by atoms with Gasteiger partial charge in [0.2, 0.25) is 0 Å². The highest BCUT2D eigenvalue weighted by atomic mass is 32.2. The third-order valence-corrected chi connectivity index (χ3v) is 7.85. The van der Waals surface area contributed by atoms with Crippen LogP contribution in [0.2, 0.25) is 0 Å². The van der Waals surface area contributed by atoms with Crippen LogP contribution in [-0.4, -0.2) is 46.0 Å². The monoisotopic (exact) mass is 484 g/mol. The molecule has 0 saturated carbocycles. The summed E-state index contributed by atoms with van der Waals surface area (Å²) in [4.78, 5) is 12.3. The highest BCUT2D eigenvalue weighted by molar-refractivity contribution is 7.85. The fourth-order valence-corrected chi connectivity index (χ4v) is 5.15. The lowest BCUT2D eigenvalue weighted by molar-refractivity contribution is -0.149. The normalized spacial score (nSPS) is 17.5. The van der Waals surface area contributed by atoms with Crippen molar-refractivity contribution >= 4 is 45.7 Å². The SMILES string of the molecule is CCCCCCCCCCCC(C(C)C(=O)OCC(C)CC(C=S)S(=O)O)S(=O)O. The van der Waals surface area contributed by atoms with Gasteiger partial charge in [0.05, 0.1) is 23.0 Å². The van der Waals surface area contributed by atoms with Crippen LogP contribution in [-0.2, 0) is 31.7 Å². The number of carbonyl (C=O) groups is 1. The molecule has 178 valence electrons. The van der Waals surface area contributed by atoms with Gasteiger partial charge in [0.1, 0.15) is 0 Å². The van der Waals surface area contributed by atoms with E-state index in [0.29, 0.717) is 12.8 Å². The number of unbranched alkanes of at least 4 members (excludes halogenated alkanes) is 8. The van der Waals surface area contributed by atoms with Crippen molar-refractivity contribution in [3.05, 3.63) is 0 Å². The van der Waals surface area contributed by atoms with Crippen molar-refractivity contribution in [2.45, 2.75) is 102 Å². The molecule has 9 heteroatoms. The molecule has 0 spiro atoms. The summed E-state index contributed by atoms with van der Waals surface area (Å²) in [7, 11) is 0. The number of hydrogen-bond acceptors (Lipinski definition) is 5. The average molecular weight is 485 g/mol.